The molecule has 0 aliphatic carbocycles. The van der Waals surface area contributed by atoms with E-state index >= 15 is 0 Å². The van der Waals surface area contributed by atoms with Gasteiger partial charge in [-0.2, -0.15) is 0 Å². The minimum atomic E-state index is -0.195. The summed E-state index contributed by atoms with van der Waals surface area (Å²) in [4.78, 5) is 25.4. The average Bonchev–Trinajstić information content (AvgIpc) is 3.28. The van der Waals surface area contributed by atoms with E-state index in [1.54, 1.807) is 12.1 Å². The van der Waals surface area contributed by atoms with E-state index < -0.39 is 0 Å². The largest absolute Gasteiger partial charge is 0.454 e. The van der Waals surface area contributed by atoms with E-state index in [0.29, 0.717) is 29.3 Å². The molecule has 28 heavy (non-hydrogen) atoms. The molecule has 2 aromatic carbocycles. The van der Waals surface area contributed by atoms with Crippen molar-refractivity contribution in [1.82, 2.24) is 0 Å². The van der Waals surface area contributed by atoms with Gasteiger partial charge in [-0.1, -0.05) is 0 Å². The maximum atomic E-state index is 12.5. The first-order chi connectivity index (χ1) is 13.5. The van der Waals surface area contributed by atoms with Crippen molar-refractivity contribution in [2.45, 2.75) is 13.5 Å². The summed E-state index contributed by atoms with van der Waals surface area (Å²) in [6, 6.07) is 8.99. The molecule has 8 heteroatoms. The lowest BCUT2D eigenvalue weighted by Gasteiger charge is -2.15. The molecular weight excluding hydrogens is 364 g/mol. The number of ketones is 1. The lowest BCUT2D eigenvalue weighted by atomic mass is 10.1. The van der Waals surface area contributed by atoms with Crippen molar-refractivity contribution in [1.29, 1.82) is 0 Å². The minimum absolute atomic E-state index is 0.104. The lowest BCUT2D eigenvalue weighted by Crippen LogP contribution is -3.08. The number of anilines is 1. The molecule has 0 radical (unpaired) electrons. The first-order valence-corrected chi connectivity index (χ1v) is 8.94. The van der Waals surface area contributed by atoms with E-state index in [1.165, 1.54) is 6.92 Å². The van der Waals surface area contributed by atoms with Crippen LogP contribution in [0.5, 0.6) is 23.0 Å². The zero-order chi connectivity index (χ0) is 19.7. The molecule has 0 saturated heterocycles. The van der Waals surface area contributed by atoms with E-state index in [4.69, 9.17) is 18.9 Å². The third-order valence-corrected chi connectivity index (χ3v) is 4.57. The van der Waals surface area contributed by atoms with Crippen LogP contribution < -0.4 is 29.2 Å². The smallest absolute Gasteiger partial charge is 0.279 e. The number of amides is 1. The van der Waals surface area contributed by atoms with Crippen LogP contribution in [0.4, 0.5) is 5.69 Å². The molecule has 0 bridgehead atoms. The Bertz CT molecular complexity index is 943. The summed E-state index contributed by atoms with van der Waals surface area (Å²) < 4.78 is 21.3. The number of likely N-dealkylation sites (N-methyl/N-ethyl adjacent to an activating group) is 1. The molecule has 2 aliphatic rings. The van der Waals surface area contributed by atoms with Crippen molar-refractivity contribution in [2.75, 3.05) is 32.5 Å². The van der Waals surface area contributed by atoms with Gasteiger partial charge in [-0.25, -0.2) is 0 Å². The number of Topliss-reactive ketones (excluding diaryl/α,β-unsaturated/α-hetero) is 1. The minimum Gasteiger partial charge on any atom is -0.454 e. The van der Waals surface area contributed by atoms with Crippen LogP contribution in [0, 0.1) is 0 Å². The first kappa shape index (κ1) is 18.1. The van der Waals surface area contributed by atoms with Crippen LogP contribution in [0.15, 0.2) is 30.3 Å². The summed E-state index contributed by atoms with van der Waals surface area (Å²) in [7, 11) is 1.93. The van der Waals surface area contributed by atoms with E-state index in [-0.39, 0.29) is 31.8 Å². The first-order valence-electron chi connectivity index (χ1n) is 8.94. The third kappa shape index (κ3) is 3.72. The van der Waals surface area contributed by atoms with Gasteiger partial charge in [0, 0.05) is 17.2 Å². The van der Waals surface area contributed by atoms with Crippen molar-refractivity contribution < 1.29 is 33.4 Å². The van der Waals surface area contributed by atoms with Crippen molar-refractivity contribution in [3.8, 4) is 23.0 Å². The molecule has 2 aromatic rings. The number of ether oxygens (including phenoxy) is 4. The molecule has 1 amide bonds. The van der Waals surface area contributed by atoms with Gasteiger partial charge in [0.1, 0.15) is 6.54 Å². The van der Waals surface area contributed by atoms with Crippen LogP contribution in [-0.4, -0.2) is 38.9 Å². The zero-order valence-corrected chi connectivity index (χ0v) is 15.7. The van der Waals surface area contributed by atoms with Gasteiger partial charge in [0.05, 0.1) is 12.7 Å². The Hall–Kier alpha value is -3.26. The molecule has 4 rings (SSSR count). The van der Waals surface area contributed by atoms with Gasteiger partial charge in [-0.05, 0) is 31.2 Å². The Morgan fingerprint density at radius 1 is 0.964 bits per heavy atom. The van der Waals surface area contributed by atoms with E-state index in [2.05, 4.69) is 5.32 Å². The number of fused-ring (bicyclic) bond motifs is 2. The molecule has 0 fully saturated rings. The SMILES string of the molecule is CC(=O)c1cc2c(cc1NC(=O)C[NH+](C)Cc1ccc3c(c1)OCO3)OCO2. The predicted octanol–water partition coefficient (Wildman–Crippen LogP) is 1.000. The molecule has 2 heterocycles. The van der Waals surface area contributed by atoms with Crippen molar-refractivity contribution in [3.63, 3.8) is 0 Å². The number of quaternary nitrogens is 1. The number of carbonyl (C=O) groups excluding carboxylic acids is 2. The molecule has 2 N–H and O–H groups in total. The fraction of sp³-hybridized carbons (Fsp3) is 0.300. The highest BCUT2D eigenvalue weighted by Crippen LogP contribution is 2.37. The highest BCUT2D eigenvalue weighted by molar-refractivity contribution is 6.04. The normalized spacial score (nSPS) is 14.6. The molecule has 0 saturated carbocycles. The van der Waals surface area contributed by atoms with Crippen LogP contribution >= 0.6 is 0 Å². The Morgan fingerprint density at radius 2 is 1.61 bits per heavy atom. The van der Waals surface area contributed by atoms with Crippen LogP contribution in [-0.2, 0) is 11.3 Å². The number of hydrogen-bond acceptors (Lipinski definition) is 6. The number of hydrogen-bond donors (Lipinski definition) is 2. The topological polar surface area (TPSA) is 87.5 Å². The highest BCUT2D eigenvalue weighted by Gasteiger charge is 2.21. The highest BCUT2D eigenvalue weighted by atomic mass is 16.7. The van der Waals surface area contributed by atoms with Crippen LogP contribution in [0.25, 0.3) is 0 Å². The van der Waals surface area contributed by atoms with Gasteiger partial charge in [0.2, 0.25) is 13.6 Å². The van der Waals surface area contributed by atoms with Gasteiger partial charge in [-0.3, -0.25) is 9.59 Å². The van der Waals surface area contributed by atoms with Crippen LogP contribution in [0.3, 0.4) is 0 Å². The zero-order valence-electron chi connectivity index (χ0n) is 15.7. The van der Waals surface area contributed by atoms with Crippen molar-refractivity contribution >= 4 is 17.4 Å². The lowest BCUT2D eigenvalue weighted by molar-refractivity contribution is -0.885. The second kappa shape index (κ2) is 7.40. The Morgan fingerprint density at radius 3 is 2.32 bits per heavy atom. The Balaban J connectivity index is 1.41. The Kier molecular flexibility index (Phi) is 4.79. The molecule has 2 aliphatic heterocycles. The maximum Gasteiger partial charge on any atom is 0.279 e. The van der Waals surface area contributed by atoms with Gasteiger partial charge < -0.3 is 29.2 Å². The van der Waals surface area contributed by atoms with E-state index in [0.717, 1.165) is 22.0 Å². The molecule has 0 aromatic heterocycles. The maximum absolute atomic E-state index is 12.5. The second-order valence-corrected chi connectivity index (χ2v) is 6.85. The number of nitrogens with one attached hydrogen (secondary N) is 2. The Labute approximate surface area is 161 Å². The monoisotopic (exact) mass is 385 g/mol. The van der Waals surface area contributed by atoms with Gasteiger partial charge in [0.25, 0.3) is 5.91 Å². The van der Waals surface area contributed by atoms with Crippen LogP contribution in [0.1, 0.15) is 22.8 Å². The summed E-state index contributed by atoms with van der Waals surface area (Å²) in [5.74, 6) is 2.13. The summed E-state index contributed by atoms with van der Waals surface area (Å²) >= 11 is 0. The van der Waals surface area contributed by atoms with Gasteiger partial charge >= 0.3 is 0 Å². The molecule has 0 spiro atoms. The third-order valence-electron chi connectivity index (χ3n) is 4.57. The fourth-order valence-electron chi connectivity index (χ4n) is 3.27. The summed E-state index contributed by atoms with van der Waals surface area (Å²) in [5, 5.41) is 2.82. The van der Waals surface area contributed by atoms with Crippen molar-refractivity contribution in [3.05, 3.63) is 41.5 Å². The summed E-state index contributed by atoms with van der Waals surface area (Å²) in [5.41, 5.74) is 1.87. The average molecular weight is 385 g/mol. The molecule has 1 unspecified atom stereocenters. The molecule has 8 nitrogen and oxygen atoms in total. The molecule has 1 atom stereocenters. The van der Waals surface area contributed by atoms with E-state index in [1.807, 2.05) is 25.2 Å². The van der Waals surface area contributed by atoms with Gasteiger partial charge in [0.15, 0.2) is 35.3 Å². The fourth-order valence-corrected chi connectivity index (χ4v) is 3.27. The number of benzene rings is 2. The molecular formula is C20H21N2O6+. The second-order valence-electron chi connectivity index (χ2n) is 6.85. The predicted molar refractivity (Wildman–Crippen MR) is 99.2 cm³/mol. The number of rotatable bonds is 6. The standard InChI is InChI=1S/C20H20N2O6/c1-12(23)14-6-18-19(28-11-27-18)7-15(14)21-20(24)9-22(2)8-13-3-4-16-17(5-13)26-10-25-16/h3-7H,8-11H2,1-2H3,(H,21,24)/p+1. The van der Waals surface area contributed by atoms with E-state index in [9.17, 15) is 9.59 Å². The summed E-state index contributed by atoms with van der Waals surface area (Å²) in [6.07, 6.45) is 0. The quantitative estimate of drug-likeness (QED) is 0.722. The summed E-state index contributed by atoms with van der Waals surface area (Å²) in [6.45, 7) is 2.67. The number of carbonyl (C=O) groups is 2. The van der Waals surface area contributed by atoms with Gasteiger partial charge in [-0.15, -0.1) is 0 Å². The molecule has 146 valence electrons. The van der Waals surface area contributed by atoms with Crippen LogP contribution in [0.2, 0.25) is 0 Å². The van der Waals surface area contributed by atoms with Crippen molar-refractivity contribution in [2.24, 2.45) is 0 Å².